The van der Waals surface area contributed by atoms with Gasteiger partial charge in [0.1, 0.15) is 0 Å². The zero-order chi connectivity index (χ0) is 16.9. The van der Waals surface area contributed by atoms with Crippen LogP contribution in [0.1, 0.15) is 18.9 Å². The van der Waals surface area contributed by atoms with Gasteiger partial charge in [-0.1, -0.05) is 18.2 Å². The molecule has 0 bridgehead atoms. The van der Waals surface area contributed by atoms with E-state index in [1.165, 1.54) is 10.9 Å². The van der Waals surface area contributed by atoms with Gasteiger partial charge in [0.25, 0.3) is 0 Å². The summed E-state index contributed by atoms with van der Waals surface area (Å²) < 4.78 is 0. The van der Waals surface area contributed by atoms with E-state index in [2.05, 4.69) is 46.2 Å². The first-order valence-electron chi connectivity index (χ1n) is 8.88. The van der Waals surface area contributed by atoms with Crippen molar-refractivity contribution in [3.05, 3.63) is 36.0 Å². The zero-order valence-electron chi connectivity index (χ0n) is 14.7. The number of carbonyl (C=O) groups excluding carboxylic acids is 1. The molecule has 1 saturated heterocycles. The highest BCUT2D eigenvalue weighted by Crippen LogP contribution is 2.18. The molecule has 2 heterocycles. The number of nitrogens with zero attached hydrogens (tertiary/aromatic N) is 2. The number of aryl methyl sites for hydroxylation is 1. The van der Waals surface area contributed by atoms with Gasteiger partial charge < -0.3 is 15.2 Å². The van der Waals surface area contributed by atoms with Gasteiger partial charge >= 0.3 is 0 Å². The minimum Gasteiger partial charge on any atom is -0.361 e. The molecule has 0 radical (unpaired) electrons. The fourth-order valence-electron chi connectivity index (χ4n) is 3.33. The fourth-order valence-corrected chi connectivity index (χ4v) is 3.33. The van der Waals surface area contributed by atoms with E-state index in [9.17, 15) is 4.79 Å². The molecule has 1 aliphatic rings. The number of carbonyl (C=O) groups is 1. The molecule has 24 heavy (non-hydrogen) atoms. The number of para-hydroxylation sites is 1. The third kappa shape index (κ3) is 4.16. The lowest BCUT2D eigenvalue weighted by atomic mass is 10.1. The standard InChI is InChI=1S/C19H28N4O/c1-15(23-11-9-22(2)10-12-23)13-21-19(24)8-7-16-14-20-18-6-4-3-5-17(16)18/h3-6,14-15,20H,7-13H2,1-2H3,(H,21,24)/t15-/m1/s1. The van der Waals surface area contributed by atoms with Crippen molar-refractivity contribution in [2.75, 3.05) is 39.8 Å². The summed E-state index contributed by atoms with van der Waals surface area (Å²) in [4.78, 5) is 20.2. The third-order valence-electron chi connectivity index (χ3n) is 5.05. The topological polar surface area (TPSA) is 51.4 Å². The van der Waals surface area contributed by atoms with Crippen LogP contribution < -0.4 is 5.32 Å². The van der Waals surface area contributed by atoms with Gasteiger partial charge in [-0.3, -0.25) is 9.69 Å². The van der Waals surface area contributed by atoms with Crippen molar-refractivity contribution < 1.29 is 4.79 Å². The Hall–Kier alpha value is -1.85. The number of benzene rings is 1. The summed E-state index contributed by atoms with van der Waals surface area (Å²) >= 11 is 0. The Morgan fingerprint density at radius 2 is 2.00 bits per heavy atom. The first-order valence-corrected chi connectivity index (χ1v) is 8.88. The lowest BCUT2D eigenvalue weighted by molar-refractivity contribution is -0.121. The number of piperazine rings is 1. The van der Waals surface area contributed by atoms with Gasteiger partial charge in [-0.05, 0) is 32.0 Å². The van der Waals surface area contributed by atoms with Crippen LogP contribution >= 0.6 is 0 Å². The number of aromatic nitrogens is 1. The molecule has 0 aliphatic carbocycles. The number of rotatable bonds is 6. The lowest BCUT2D eigenvalue weighted by Gasteiger charge is -2.36. The van der Waals surface area contributed by atoms with Crippen molar-refractivity contribution in [1.82, 2.24) is 20.1 Å². The third-order valence-corrected chi connectivity index (χ3v) is 5.05. The molecule has 5 heteroatoms. The SMILES string of the molecule is C[C@H](CNC(=O)CCc1c[nH]c2ccccc12)N1CCN(C)CC1. The maximum absolute atomic E-state index is 12.2. The van der Waals surface area contributed by atoms with Gasteiger partial charge in [0.2, 0.25) is 5.91 Å². The van der Waals surface area contributed by atoms with Crippen LogP contribution in [0, 0.1) is 0 Å². The molecule has 1 aliphatic heterocycles. The number of H-pyrrole nitrogens is 1. The molecule has 2 N–H and O–H groups in total. The second-order valence-electron chi connectivity index (χ2n) is 6.85. The Morgan fingerprint density at radius 1 is 1.25 bits per heavy atom. The van der Waals surface area contributed by atoms with Crippen molar-refractivity contribution >= 4 is 16.8 Å². The van der Waals surface area contributed by atoms with E-state index in [1.54, 1.807) is 0 Å². The van der Waals surface area contributed by atoms with Crippen LogP contribution in [0.25, 0.3) is 10.9 Å². The second-order valence-corrected chi connectivity index (χ2v) is 6.85. The molecule has 3 rings (SSSR count). The van der Waals surface area contributed by atoms with Gasteiger partial charge in [0.15, 0.2) is 0 Å². The number of fused-ring (bicyclic) bond motifs is 1. The van der Waals surface area contributed by atoms with E-state index in [0.717, 1.165) is 44.7 Å². The minimum absolute atomic E-state index is 0.140. The summed E-state index contributed by atoms with van der Waals surface area (Å²) in [6.45, 7) is 7.32. The van der Waals surface area contributed by atoms with E-state index in [-0.39, 0.29) is 5.91 Å². The Morgan fingerprint density at radius 3 is 2.79 bits per heavy atom. The number of aromatic amines is 1. The van der Waals surface area contributed by atoms with E-state index in [0.29, 0.717) is 12.5 Å². The highest BCUT2D eigenvalue weighted by molar-refractivity contribution is 5.84. The summed E-state index contributed by atoms with van der Waals surface area (Å²) in [7, 11) is 2.16. The highest BCUT2D eigenvalue weighted by atomic mass is 16.1. The van der Waals surface area contributed by atoms with Crippen molar-refractivity contribution in [2.45, 2.75) is 25.8 Å². The van der Waals surface area contributed by atoms with Crippen LogP contribution in [0.15, 0.2) is 30.5 Å². The van der Waals surface area contributed by atoms with E-state index < -0.39 is 0 Å². The normalized spacial score (nSPS) is 17.9. The molecule has 2 aromatic rings. The molecule has 5 nitrogen and oxygen atoms in total. The molecule has 0 spiro atoms. The van der Waals surface area contributed by atoms with Crippen LogP contribution in [0.5, 0.6) is 0 Å². The average molecular weight is 328 g/mol. The summed E-state index contributed by atoms with van der Waals surface area (Å²) in [6.07, 6.45) is 3.33. The molecule has 1 fully saturated rings. The number of amides is 1. The second kappa shape index (κ2) is 7.81. The first kappa shape index (κ1) is 17.0. The van der Waals surface area contributed by atoms with Crippen molar-refractivity contribution in [3.8, 4) is 0 Å². The fraction of sp³-hybridized carbons (Fsp3) is 0.526. The van der Waals surface area contributed by atoms with Gasteiger partial charge in [-0.2, -0.15) is 0 Å². The number of likely N-dealkylation sites (N-methyl/N-ethyl adjacent to an activating group) is 1. The largest absolute Gasteiger partial charge is 0.361 e. The maximum atomic E-state index is 12.2. The first-order chi connectivity index (χ1) is 11.6. The minimum atomic E-state index is 0.140. The van der Waals surface area contributed by atoms with Crippen molar-refractivity contribution in [2.24, 2.45) is 0 Å². The van der Waals surface area contributed by atoms with E-state index >= 15 is 0 Å². The van der Waals surface area contributed by atoms with Crippen LogP contribution in [0.3, 0.4) is 0 Å². The van der Waals surface area contributed by atoms with Crippen LogP contribution in [-0.4, -0.2) is 66.5 Å². The molecule has 1 atom stereocenters. The quantitative estimate of drug-likeness (QED) is 0.851. The Kier molecular flexibility index (Phi) is 5.53. The van der Waals surface area contributed by atoms with Crippen LogP contribution in [0.2, 0.25) is 0 Å². The molecular weight excluding hydrogens is 300 g/mol. The van der Waals surface area contributed by atoms with E-state index in [1.807, 2.05) is 18.3 Å². The monoisotopic (exact) mass is 328 g/mol. The van der Waals surface area contributed by atoms with Crippen molar-refractivity contribution in [3.63, 3.8) is 0 Å². The molecule has 1 amide bonds. The molecule has 130 valence electrons. The molecule has 0 unspecified atom stereocenters. The number of hydrogen-bond acceptors (Lipinski definition) is 3. The predicted octanol–water partition coefficient (Wildman–Crippen LogP) is 1.85. The van der Waals surface area contributed by atoms with Gasteiger partial charge in [-0.15, -0.1) is 0 Å². The van der Waals surface area contributed by atoms with Crippen LogP contribution in [0.4, 0.5) is 0 Å². The number of hydrogen-bond donors (Lipinski definition) is 2. The maximum Gasteiger partial charge on any atom is 0.220 e. The van der Waals surface area contributed by atoms with Gasteiger partial charge in [0, 0.05) is 62.3 Å². The zero-order valence-corrected chi connectivity index (χ0v) is 14.7. The van der Waals surface area contributed by atoms with Crippen LogP contribution in [-0.2, 0) is 11.2 Å². The Bertz CT molecular complexity index is 673. The summed E-state index contributed by atoms with van der Waals surface area (Å²) in [6, 6.07) is 8.63. The molecule has 1 aromatic carbocycles. The molecule has 0 saturated carbocycles. The number of nitrogens with one attached hydrogen (secondary N) is 2. The molecular formula is C19H28N4O. The molecule has 1 aromatic heterocycles. The smallest absolute Gasteiger partial charge is 0.220 e. The highest BCUT2D eigenvalue weighted by Gasteiger charge is 2.19. The predicted molar refractivity (Wildman–Crippen MR) is 98.2 cm³/mol. The summed E-state index contributed by atoms with van der Waals surface area (Å²) in [5, 5.41) is 4.32. The summed E-state index contributed by atoms with van der Waals surface area (Å²) in [5.74, 6) is 0.140. The average Bonchev–Trinajstić information content (AvgIpc) is 3.01. The summed E-state index contributed by atoms with van der Waals surface area (Å²) in [5.41, 5.74) is 2.35. The van der Waals surface area contributed by atoms with Gasteiger partial charge in [0.05, 0.1) is 0 Å². The Balaban J connectivity index is 1.42. The van der Waals surface area contributed by atoms with E-state index in [4.69, 9.17) is 0 Å². The lowest BCUT2D eigenvalue weighted by Crippen LogP contribution is -2.51. The van der Waals surface area contributed by atoms with Gasteiger partial charge in [-0.25, -0.2) is 0 Å². The Labute approximate surface area is 144 Å². The van der Waals surface area contributed by atoms with Crippen molar-refractivity contribution in [1.29, 1.82) is 0 Å².